The van der Waals surface area contributed by atoms with Crippen molar-refractivity contribution in [1.29, 1.82) is 0 Å². The normalized spacial score (nSPS) is 11.1. The van der Waals surface area contributed by atoms with E-state index in [1.54, 1.807) is 18.7 Å². The first-order valence-corrected chi connectivity index (χ1v) is 8.27. The highest BCUT2D eigenvalue weighted by atomic mass is 16.3. The summed E-state index contributed by atoms with van der Waals surface area (Å²) in [5.41, 5.74) is 6.57. The second-order valence-electron chi connectivity index (χ2n) is 5.96. The van der Waals surface area contributed by atoms with Crippen LogP contribution in [0.2, 0.25) is 0 Å². The Bertz CT molecular complexity index is 1160. The molecule has 0 unspecified atom stereocenters. The van der Waals surface area contributed by atoms with Crippen molar-refractivity contribution in [3.8, 4) is 33.7 Å². The van der Waals surface area contributed by atoms with Gasteiger partial charge in [0.25, 0.3) is 0 Å². The van der Waals surface area contributed by atoms with Gasteiger partial charge in [-0.15, -0.1) is 0 Å². The molecule has 0 saturated carbocycles. The van der Waals surface area contributed by atoms with Gasteiger partial charge in [-0.2, -0.15) is 0 Å². The number of nitrogens with one attached hydrogen (secondary N) is 1. The number of rotatable bonds is 3. The number of pyridine rings is 2. The summed E-state index contributed by atoms with van der Waals surface area (Å²) >= 11 is 0. The summed E-state index contributed by atoms with van der Waals surface area (Å²) in [6.45, 7) is 0. The number of aromatic nitrogens is 4. The van der Waals surface area contributed by atoms with Crippen molar-refractivity contribution in [2.75, 3.05) is 0 Å². The van der Waals surface area contributed by atoms with E-state index in [-0.39, 0.29) is 0 Å². The highest BCUT2D eigenvalue weighted by molar-refractivity contribution is 5.92. The van der Waals surface area contributed by atoms with E-state index in [0.29, 0.717) is 0 Å². The molecular formula is C21H14N4O. The van der Waals surface area contributed by atoms with Gasteiger partial charge in [0.2, 0.25) is 0 Å². The van der Waals surface area contributed by atoms with Crippen LogP contribution in [0.15, 0.2) is 84.1 Å². The van der Waals surface area contributed by atoms with Gasteiger partial charge in [-0.3, -0.25) is 9.97 Å². The van der Waals surface area contributed by atoms with Gasteiger partial charge < -0.3 is 9.40 Å². The smallest absolute Gasteiger partial charge is 0.161 e. The molecule has 1 N–H and O–H groups in total. The predicted octanol–water partition coefficient (Wildman–Crippen LogP) is 4.95. The van der Waals surface area contributed by atoms with E-state index in [1.807, 2.05) is 60.9 Å². The van der Waals surface area contributed by atoms with Crippen LogP contribution in [-0.2, 0) is 0 Å². The lowest BCUT2D eigenvalue weighted by Crippen LogP contribution is -1.81. The number of hydrogen-bond acceptors (Lipinski definition) is 4. The van der Waals surface area contributed by atoms with E-state index in [2.05, 4.69) is 19.9 Å². The fourth-order valence-corrected chi connectivity index (χ4v) is 3.05. The SMILES string of the molecule is c1cncc(-c2ccnc3cc(-c4ccc(-c5c[nH]cn5)cc4)oc23)c1. The summed E-state index contributed by atoms with van der Waals surface area (Å²) in [4.78, 5) is 15.9. The lowest BCUT2D eigenvalue weighted by Gasteiger charge is -2.01. The van der Waals surface area contributed by atoms with Gasteiger partial charge >= 0.3 is 0 Å². The van der Waals surface area contributed by atoms with Crippen LogP contribution in [0.4, 0.5) is 0 Å². The minimum atomic E-state index is 0.770. The van der Waals surface area contributed by atoms with Gasteiger partial charge in [0.1, 0.15) is 11.3 Å². The van der Waals surface area contributed by atoms with Gasteiger partial charge in [0.05, 0.1) is 12.0 Å². The molecule has 0 fully saturated rings. The van der Waals surface area contributed by atoms with E-state index >= 15 is 0 Å². The molecular weight excluding hydrogens is 324 g/mol. The maximum absolute atomic E-state index is 6.16. The van der Waals surface area contributed by atoms with E-state index in [4.69, 9.17) is 4.42 Å². The third-order valence-electron chi connectivity index (χ3n) is 4.35. The first-order chi connectivity index (χ1) is 12.9. The Labute approximate surface area is 149 Å². The molecule has 0 amide bonds. The molecule has 1 aromatic carbocycles. The maximum atomic E-state index is 6.16. The van der Waals surface area contributed by atoms with E-state index in [9.17, 15) is 0 Å². The molecule has 0 atom stereocenters. The van der Waals surface area contributed by atoms with Crippen LogP contribution in [0.3, 0.4) is 0 Å². The zero-order chi connectivity index (χ0) is 17.3. The molecule has 0 aliphatic heterocycles. The Morgan fingerprint density at radius 1 is 0.846 bits per heavy atom. The molecule has 0 saturated heterocycles. The van der Waals surface area contributed by atoms with Gasteiger partial charge in [-0.25, -0.2) is 4.98 Å². The van der Waals surface area contributed by atoms with E-state index in [0.717, 1.165) is 44.8 Å². The summed E-state index contributed by atoms with van der Waals surface area (Å²) in [6.07, 6.45) is 8.94. The van der Waals surface area contributed by atoms with Crippen LogP contribution < -0.4 is 0 Å². The van der Waals surface area contributed by atoms with Crippen LogP contribution in [-0.4, -0.2) is 19.9 Å². The summed E-state index contributed by atoms with van der Waals surface area (Å²) < 4.78 is 6.16. The number of aromatic amines is 1. The summed E-state index contributed by atoms with van der Waals surface area (Å²) in [5.74, 6) is 0.789. The summed E-state index contributed by atoms with van der Waals surface area (Å²) in [7, 11) is 0. The van der Waals surface area contributed by atoms with Crippen LogP contribution in [0.25, 0.3) is 44.8 Å². The lowest BCUT2D eigenvalue weighted by atomic mass is 10.1. The standard InChI is InChI=1S/C21H14N4O/c1-2-16(11-22-8-1)17-7-9-24-18-10-20(26-21(17)18)15-5-3-14(4-6-15)19-12-23-13-25-19/h1-13H,(H,23,25). The average Bonchev–Trinajstić information content (AvgIpc) is 3.38. The number of H-pyrrole nitrogens is 1. The Morgan fingerprint density at radius 3 is 2.50 bits per heavy atom. The Hall–Kier alpha value is -3.73. The van der Waals surface area contributed by atoms with Crippen molar-refractivity contribution in [1.82, 2.24) is 19.9 Å². The number of nitrogens with zero attached hydrogens (tertiary/aromatic N) is 3. The van der Waals surface area contributed by atoms with Crippen molar-refractivity contribution in [3.63, 3.8) is 0 Å². The van der Waals surface area contributed by atoms with Crippen molar-refractivity contribution in [2.45, 2.75) is 0 Å². The van der Waals surface area contributed by atoms with E-state index < -0.39 is 0 Å². The van der Waals surface area contributed by atoms with E-state index in [1.165, 1.54) is 0 Å². The first-order valence-electron chi connectivity index (χ1n) is 8.27. The minimum Gasteiger partial charge on any atom is -0.454 e. The van der Waals surface area contributed by atoms with Gasteiger partial charge in [-0.05, 0) is 12.1 Å². The highest BCUT2D eigenvalue weighted by Crippen LogP contribution is 2.33. The Kier molecular flexibility index (Phi) is 3.35. The molecule has 4 heterocycles. The molecule has 5 rings (SSSR count). The van der Waals surface area contributed by atoms with Crippen LogP contribution >= 0.6 is 0 Å². The van der Waals surface area contributed by atoms with Crippen molar-refractivity contribution < 1.29 is 4.42 Å². The predicted molar refractivity (Wildman–Crippen MR) is 100 cm³/mol. The summed E-state index contributed by atoms with van der Waals surface area (Å²) in [5, 5.41) is 0. The molecule has 0 radical (unpaired) electrons. The molecule has 5 aromatic rings. The molecule has 0 aliphatic rings. The number of hydrogen-bond donors (Lipinski definition) is 1. The van der Waals surface area contributed by atoms with Crippen molar-refractivity contribution in [3.05, 3.63) is 79.6 Å². The molecule has 26 heavy (non-hydrogen) atoms. The molecule has 5 heteroatoms. The summed E-state index contributed by atoms with van der Waals surface area (Å²) in [6, 6.07) is 16.0. The molecule has 5 nitrogen and oxygen atoms in total. The topological polar surface area (TPSA) is 67.6 Å². The minimum absolute atomic E-state index is 0.770. The van der Waals surface area contributed by atoms with Crippen molar-refractivity contribution >= 4 is 11.1 Å². The monoisotopic (exact) mass is 338 g/mol. The van der Waals surface area contributed by atoms with Crippen LogP contribution in [0, 0.1) is 0 Å². The fourth-order valence-electron chi connectivity index (χ4n) is 3.05. The number of imidazole rings is 1. The largest absolute Gasteiger partial charge is 0.454 e. The number of fused-ring (bicyclic) bond motifs is 1. The van der Waals surface area contributed by atoms with Gasteiger partial charge in [-0.1, -0.05) is 30.3 Å². The van der Waals surface area contributed by atoms with Crippen LogP contribution in [0.5, 0.6) is 0 Å². The Balaban J connectivity index is 1.58. The molecule has 0 spiro atoms. The van der Waals surface area contributed by atoms with Gasteiger partial charge in [0.15, 0.2) is 5.58 Å². The number of furan rings is 1. The molecule has 4 aromatic heterocycles. The fraction of sp³-hybridized carbons (Fsp3) is 0. The maximum Gasteiger partial charge on any atom is 0.161 e. The third kappa shape index (κ3) is 2.46. The molecule has 124 valence electrons. The molecule has 0 bridgehead atoms. The quantitative estimate of drug-likeness (QED) is 0.505. The second kappa shape index (κ2) is 5.97. The Morgan fingerprint density at radius 2 is 1.73 bits per heavy atom. The van der Waals surface area contributed by atoms with Crippen molar-refractivity contribution in [2.24, 2.45) is 0 Å². The van der Waals surface area contributed by atoms with Crippen LogP contribution in [0.1, 0.15) is 0 Å². The second-order valence-corrected chi connectivity index (χ2v) is 5.96. The molecule has 0 aliphatic carbocycles. The zero-order valence-electron chi connectivity index (χ0n) is 13.8. The van der Waals surface area contributed by atoms with Gasteiger partial charge in [0, 0.05) is 53.1 Å². The number of benzene rings is 1. The zero-order valence-corrected chi connectivity index (χ0v) is 13.8. The lowest BCUT2D eigenvalue weighted by molar-refractivity contribution is 0.632. The highest BCUT2D eigenvalue weighted by Gasteiger charge is 2.12. The third-order valence-corrected chi connectivity index (χ3v) is 4.35. The average molecular weight is 338 g/mol. The first kappa shape index (κ1) is 14.6.